The van der Waals surface area contributed by atoms with E-state index in [1.807, 2.05) is 12.1 Å². The third-order valence-electron chi connectivity index (χ3n) is 4.40. The molecule has 2 amide bonds. The van der Waals surface area contributed by atoms with Crippen LogP contribution in [-0.4, -0.2) is 18.4 Å². The zero-order valence-corrected chi connectivity index (χ0v) is 11.9. The van der Waals surface area contributed by atoms with Crippen molar-refractivity contribution >= 4 is 17.5 Å². The molecule has 0 atom stereocenters. The molecule has 1 heterocycles. The maximum atomic E-state index is 12.7. The smallest absolute Gasteiger partial charge is 0.240 e. The minimum atomic E-state index is -0.434. The van der Waals surface area contributed by atoms with Crippen molar-refractivity contribution in [3.05, 3.63) is 29.8 Å². The molecule has 1 spiro atoms. The first kappa shape index (κ1) is 13.8. The lowest BCUT2D eigenvalue weighted by molar-refractivity contribution is -0.125. The SMILES string of the molecule is NCC#Cc1cccc(N2C(=O)CC3(CCCC3)C2=O)c1. The van der Waals surface area contributed by atoms with Gasteiger partial charge < -0.3 is 5.73 Å². The average molecular weight is 282 g/mol. The van der Waals surface area contributed by atoms with Gasteiger partial charge in [0.15, 0.2) is 0 Å². The number of hydrogen-bond donors (Lipinski definition) is 1. The number of benzene rings is 1. The minimum Gasteiger partial charge on any atom is -0.320 e. The van der Waals surface area contributed by atoms with Gasteiger partial charge in [-0.15, -0.1) is 0 Å². The normalized spacial score (nSPS) is 20.0. The highest BCUT2D eigenvalue weighted by atomic mass is 16.2. The van der Waals surface area contributed by atoms with Gasteiger partial charge >= 0.3 is 0 Å². The molecule has 0 unspecified atom stereocenters. The lowest BCUT2D eigenvalue weighted by Crippen LogP contribution is -2.34. The first-order valence-corrected chi connectivity index (χ1v) is 7.33. The highest BCUT2D eigenvalue weighted by Crippen LogP contribution is 2.47. The molecule has 1 aliphatic carbocycles. The number of hydrogen-bond acceptors (Lipinski definition) is 3. The molecule has 4 heteroatoms. The largest absolute Gasteiger partial charge is 0.320 e. The van der Waals surface area contributed by atoms with Crippen LogP contribution in [0.4, 0.5) is 5.69 Å². The topological polar surface area (TPSA) is 63.4 Å². The Balaban J connectivity index is 1.93. The van der Waals surface area contributed by atoms with E-state index in [1.54, 1.807) is 12.1 Å². The zero-order valence-electron chi connectivity index (χ0n) is 11.9. The summed E-state index contributed by atoms with van der Waals surface area (Å²) in [7, 11) is 0. The molecule has 2 aliphatic rings. The fourth-order valence-corrected chi connectivity index (χ4v) is 3.37. The van der Waals surface area contributed by atoms with Crippen LogP contribution < -0.4 is 10.6 Å². The van der Waals surface area contributed by atoms with Crippen LogP contribution in [0.1, 0.15) is 37.7 Å². The van der Waals surface area contributed by atoms with E-state index in [9.17, 15) is 9.59 Å². The van der Waals surface area contributed by atoms with Crippen molar-refractivity contribution in [2.75, 3.05) is 11.4 Å². The summed E-state index contributed by atoms with van der Waals surface area (Å²) < 4.78 is 0. The van der Waals surface area contributed by atoms with Crippen LogP contribution in [0.15, 0.2) is 24.3 Å². The van der Waals surface area contributed by atoms with Crippen LogP contribution in [0.5, 0.6) is 0 Å². The monoisotopic (exact) mass is 282 g/mol. The number of amides is 2. The average Bonchev–Trinajstić information content (AvgIpc) is 3.04. The number of nitrogens with two attached hydrogens (primary N) is 1. The maximum Gasteiger partial charge on any atom is 0.240 e. The van der Waals surface area contributed by atoms with E-state index in [4.69, 9.17) is 5.73 Å². The lowest BCUT2D eigenvalue weighted by atomic mass is 9.84. The number of carbonyl (C=O) groups is 2. The second-order valence-corrected chi connectivity index (χ2v) is 5.75. The molecule has 3 rings (SSSR count). The molecule has 1 saturated heterocycles. The summed E-state index contributed by atoms with van der Waals surface area (Å²) in [5, 5.41) is 0. The van der Waals surface area contributed by atoms with Crippen molar-refractivity contribution in [1.82, 2.24) is 0 Å². The third kappa shape index (κ3) is 2.34. The van der Waals surface area contributed by atoms with Gasteiger partial charge in [0.25, 0.3) is 0 Å². The highest BCUT2D eigenvalue weighted by Gasteiger charge is 2.53. The highest BCUT2D eigenvalue weighted by molar-refractivity contribution is 6.22. The molecular formula is C17H18N2O2. The lowest BCUT2D eigenvalue weighted by Gasteiger charge is -2.21. The van der Waals surface area contributed by atoms with Crippen molar-refractivity contribution < 1.29 is 9.59 Å². The Morgan fingerprint density at radius 2 is 2.00 bits per heavy atom. The Labute approximate surface area is 124 Å². The van der Waals surface area contributed by atoms with E-state index in [1.165, 1.54) is 4.90 Å². The van der Waals surface area contributed by atoms with Gasteiger partial charge in [-0.05, 0) is 31.0 Å². The van der Waals surface area contributed by atoms with E-state index < -0.39 is 5.41 Å². The fourth-order valence-electron chi connectivity index (χ4n) is 3.37. The van der Waals surface area contributed by atoms with Crippen LogP contribution in [-0.2, 0) is 9.59 Å². The summed E-state index contributed by atoms with van der Waals surface area (Å²) in [4.78, 5) is 26.4. The Morgan fingerprint density at radius 1 is 1.24 bits per heavy atom. The number of carbonyl (C=O) groups excluding carboxylic acids is 2. The van der Waals surface area contributed by atoms with Crippen LogP contribution in [0, 0.1) is 17.3 Å². The van der Waals surface area contributed by atoms with Crippen molar-refractivity contribution in [3.8, 4) is 11.8 Å². The van der Waals surface area contributed by atoms with E-state index in [2.05, 4.69) is 11.8 Å². The molecule has 2 fully saturated rings. The van der Waals surface area contributed by atoms with Crippen LogP contribution in [0.2, 0.25) is 0 Å². The number of anilines is 1. The van der Waals surface area contributed by atoms with Gasteiger partial charge in [-0.1, -0.05) is 30.7 Å². The molecule has 1 saturated carbocycles. The number of rotatable bonds is 1. The first-order chi connectivity index (χ1) is 10.2. The van der Waals surface area contributed by atoms with Gasteiger partial charge in [-0.3, -0.25) is 14.5 Å². The Hall–Kier alpha value is -2.12. The van der Waals surface area contributed by atoms with Gasteiger partial charge in [0.2, 0.25) is 11.8 Å². The van der Waals surface area contributed by atoms with Crippen molar-refractivity contribution in [1.29, 1.82) is 0 Å². The van der Waals surface area contributed by atoms with Crippen LogP contribution in [0.25, 0.3) is 0 Å². The first-order valence-electron chi connectivity index (χ1n) is 7.33. The van der Waals surface area contributed by atoms with E-state index in [0.717, 1.165) is 31.2 Å². The minimum absolute atomic E-state index is 0.0334. The Kier molecular flexibility index (Phi) is 3.52. The Morgan fingerprint density at radius 3 is 2.71 bits per heavy atom. The summed E-state index contributed by atoms with van der Waals surface area (Å²) in [6.45, 7) is 0.287. The summed E-state index contributed by atoms with van der Waals surface area (Å²) in [6.07, 6.45) is 4.09. The Bertz CT molecular complexity index is 648. The number of nitrogens with zero attached hydrogens (tertiary/aromatic N) is 1. The van der Waals surface area contributed by atoms with Gasteiger partial charge in [-0.25, -0.2) is 0 Å². The molecule has 2 N–H and O–H groups in total. The molecular weight excluding hydrogens is 264 g/mol. The quantitative estimate of drug-likeness (QED) is 0.631. The summed E-state index contributed by atoms with van der Waals surface area (Å²) in [6, 6.07) is 7.24. The maximum absolute atomic E-state index is 12.7. The van der Waals surface area contributed by atoms with Crippen molar-refractivity contribution in [2.45, 2.75) is 32.1 Å². The van der Waals surface area contributed by atoms with E-state index in [-0.39, 0.29) is 18.4 Å². The second-order valence-electron chi connectivity index (χ2n) is 5.75. The van der Waals surface area contributed by atoms with Crippen molar-refractivity contribution in [3.63, 3.8) is 0 Å². The van der Waals surface area contributed by atoms with Crippen LogP contribution >= 0.6 is 0 Å². The molecule has 21 heavy (non-hydrogen) atoms. The molecule has 0 aromatic heterocycles. The standard InChI is InChI=1S/C17H18N2O2/c18-10-4-6-13-5-3-7-14(11-13)19-15(20)12-17(16(19)21)8-1-2-9-17/h3,5,7,11H,1-2,8-10,12,18H2. The van der Waals surface area contributed by atoms with E-state index in [0.29, 0.717) is 12.1 Å². The molecule has 108 valence electrons. The molecule has 1 aromatic rings. The summed E-state index contributed by atoms with van der Waals surface area (Å²) in [5.41, 5.74) is 6.32. The van der Waals surface area contributed by atoms with Crippen LogP contribution in [0.3, 0.4) is 0 Å². The molecule has 0 radical (unpaired) electrons. The zero-order chi connectivity index (χ0) is 14.9. The molecule has 1 aromatic carbocycles. The predicted molar refractivity (Wildman–Crippen MR) is 80.4 cm³/mol. The number of imide groups is 1. The predicted octanol–water partition coefficient (Wildman–Crippen LogP) is 1.82. The second kappa shape index (κ2) is 5.34. The van der Waals surface area contributed by atoms with Gasteiger partial charge in [0.1, 0.15) is 0 Å². The van der Waals surface area contributed by atoms with Gasteiger partial charge in [-0.2, -0.15) is 0 Å². The summed E-state index contributed by atoms with van der Waals surface area (Å²) >= 11 is 0. The fraction of sp³-hybridized carbons (Fsp3) is 0.412. The van der Waals surface area contributed by atoms with E-state index >= 15 is 0 Å². The van der Waals surface area contributed by atoms with Gasteiger partial charge in [0.05, 0.1) is 17.6 Å². The molecule has 0 bridgehead atoms. The molecule has 4 nitrogen and oxygen atoms in total. The third-order valence-corrected chi connectivity index (χ3v) is 4.40. The molecule has 1 aliphatic heterocycles. The summed E-state index contributed by atoms with van der Waals surface area (Å²) in [5.74, 6) is 5.59. The van der Waals surface area contributed by atoms with Crippen molar-refractivity contribution in [2.24, 2.45) is 11.1 Å². The van der Waals surface area contributed by atoms with Gasteiger partial charge in [0, 0.05) is 12.0 Å².